The van der Waals surface area contributed by atoms with Gasteiger partial charge >= 0.3 is 6.03 Å². The van der Waals surface area contributed by atoms with Gasteiger partial charge in [0.25, 0.3) is 0 Å². The van der Waals surface area contributed by atoms with E-state index in [1.165, 1.54) is 0 Å². The van der Waals surface area contributed by atoms with Crippen LogP contribution in [0, 0.1) is 13.8 Å². The highest BCUT2D eigenvalue weighted by Gasteiger charge is 2.15. The molecule has 1 aromatic heterocycles. The number of aliphatic hydroxyl groups excluding tert-OH is 1. The summed E-state index contributed by atoms with van der Waals surface area (Å²) in [6.07, 6.45) is 0.182. The summed E-state index contributed by atoms with van der Waals surface area (Å²) in [5.74, 6) is 1.74. The molecule has 2 atom stereocenters. The second kappa shape index (κ2) is 8.55. The number of hydrogen-bond donors (Lipinski definition) is 3. The topological polar surface area (TPSA) is 74.5 Å². The van der Waals surface area contributed by atoms with Crippen molar-refractivity contribution < 1.29 is 14.3 Å². The van der Waals surface area contributed by atoms with Gasteiger partial charge in [0.2, 0.25) is 0 Å². The van der Waals surface area contributed by atoms with Crippen LogP contribution in [0.15, 0.2) is 40.8 Å². The fourth-order valence-electron chi connectivity index (χ4n) is 2.79. The van der Waals surface area contributed by atoms with E-state index in [1.807, 2.05) is 50.2 Å². The zero-order valence-corrected chi connectivity index (χ0v) is 14.5. The summed E-state index contributed by atoms with van der Waals surface area (Å²) in [5, 5.41) is 15.4. The molecule has 5 heteroatoms. The van der Waals surface area contributed by atoms with E-state index in [-0.39, 0.29) is 11.9 Å². The molecule has 0 radical (unpaired) electrons. The predicted molar refractivity (Wildman–Crippen MR) is 93.9 cm³/mol. The highest BCUT2D eigenvalue weighted by Crippen LogP contribution is 2.20. The maximum absolute atomic E-state index is 12.0. The Hall–Kier alpha value is -2.27. The molecule has 0 saturated carbocycles. The molecule has 1 aromatic carbocycles. The van der Waals surface area contributed by atoms with E-state index in [0.29, 0.717) is 19.5 Å². The van der Waals surface area contributed by atoms with E-state index >= 15 is 0 Å². The van der Waals surface area contributed by atoms with Gasteiger partial charge in [-0.3, -0.25) is 0 Å². The fraction of sp³-hybridized carbons (Fsp3) is 0.421. The molecule has 2 aromatic rings. The molecule has 2 rings (SSSR count). The Bertz CT molecular complexity index is 650. The minimum absolute atomic E-state index is 0.0786. The molecule has 0 aliphatic heterocycles. The Morgan fingerprint density at radius 2 is 1.92 bits per heavy atom. The van der Waals surface area contributed by atoms with E-state index in [0.717, 1.165) is 22.6 Å². The van der Waals surface area contributed by atoms with E-state index in [1.54, 1.807) is 6.92 Å². The third-order valence-corrected chi connectivity index (χ3v) is 3.99. The van der Waals surface area contributed by atoms with E-state index in [4.69, 9.17) is 4.42 Å². The SMILES string of the molecule is Cc1cc(CNC(=O)NCC(CC(C)O)c2ccccc2)c(C)o1. The molecule has 0 saturated heterocycles. The number of nitrogens with one attached hydrogen (secondary N) is 2. The van der Waals surface area contributed by atoms with Crippen LogP contribution in [-0.4, -0.2) is 23.8 Å². The molecular weight excluding hydrogens is 304 g/mol. The van der Waals surface area contributed by atoms with Gasteiger partial charge in [0.15, 0.2) is 0 Å². The Morgan fingerprint density at radius 3 is 2.50 bits per heavy atom. The van der Waals surface area contributed by atoms with Crippen LogP contribution in [-0.2, 0) is 6.54 Å². The van der Waals surface area contributed by atoms with Gasteiger partial charge < -0.3 is 20.2 Å². The lowest BCUT2D eigenvalue weighted by Gasteiger charge is -2.19. The third-order valence-electron chi connectivity index (χ3n) is 3.99. The first-order valence-electron chi connectivity index (χ1n) is 8.26. The molecule has 2 unspecified atom stereocenters. The van der Waals surface area contributed by atoms with Gasteiger partial charge in [-0.2, -0.15) is 0 Å². The molecule has 0 fully saturated rings. The lowest BCUT2D eigenvalue weighted by Crippen LogP contribution is -2.37. The number of hydrogen-bond acceptors (Lipinski definition) is 3. The second-order valence-corrected chi connectivity index (χ2v) is 6.19. The average Bonchev–Trinajstić information content (AvgIpc) is 2.87. The van der Waals surface area contributed by atoms with Gasteiger partial charge in [-0.1, -0.05) is 30.3 Å². The Morgan fingerprint density at radius 1 is 1.21 bits per heavy atom. The number of carbonyl (C=O) groups excluding carboxylic acids is 1. The van der Waals surface area contributed by atoms with Gasteiger partial charge in [-0.25, -0.2) is 4.79 Å². The normalized spacial score (nSPS) is 13.3. The quantitative estimate of drug-likeness (QED) is 0.729. The Labute approximate surface area is 143 Å². The van der Waals surface area contributed by atoms with Crippen molar-refractivity contribution in [3.8, 4) is 0 Å². The Kier molecular flexibility index (Phi) is 6.44. The first-order chi connectivity index (χ1) is 11.5. The Balaban J connectivity index is 1.86. The van der Waals surface area contributed by atoms with Crippen LogP contribution in [0.3, 0.4) is 0 Å². The average molecular weight is 330 g/mol. The zero-order valence-electron chi connectivity index (χ0n) is 14.5. The minimum atomic E-state index is -0.420. The summed E-state index contributed by atoms with van der Waals surface area (Å²) in [6.45, 7) is 6.44. The van der Waals surface area contributed by atoms with Crippen LogP contribution < -0.4 is 10.6 Å². The van der Waals surface area contributed by atoms with E-state index in [9.17, 15) is 9.90 Å². The van der Waals surface area contributed by atoms with Crippen LogP contribution >= 0.6 is 0 Å². The van der Waals surface area contributed by atoms with Crippen molar-refractivity contribution >= 4 is 6.03 Å². The van der Waals surface area contributed by atoms with Gasteiger partial charge in [-0.15, -0.1) is 0 Å². The maximum atomic E-state index is 12.0. The molecule has 24 heavy (non-hydrogen) atoms. The van der Waals surface area contributed by atoms with Crippen molar-refractivity contribution in [3.05, 3.63) is 59.0 Å². The summed E-state index contributed by atoms with van der Waals surface area (Å²) in [6, 6.07) is 11.6. The second-order valence-electron chi connectivity index (χ2n) is 6.19. The van der Waals surface area contributed by atoms with Crippen molar-refractivity contribution in [1.82, 2.24) is 10.6 Å². The largest absolute Gasteiger partial charge is 0.466 e. The summed E-state index contributed by atoms with van der Waals surface area (Å²) in [4.78, 5) is 12.0. The number of carbonyl (C=O) groups is 1. The number of amides is 2. The summed E-state index contributed by atoms with van der Waals surface area (Å²) < 4.78 is 5.45. The van der Waals surface area contributed by atoms with E-state index in [2.05, 4.69) is 10.6 Å². The van der Waals surface area contributed by atoms with Crippen LogP contribution in [0.1, 0.15) is 41.9 Å². The summed E-state index contributed by atoms with van der Waals surface area (Å²) >= 11 is 0. The van der Waals surface area contributed by atoms with Crippen molar-refractivity contribution in [2.75, 3.05) is 6.54 Å². The molecular formula is C19H26N2O3. The number of aliphatic hydroxyl groups is 1. The molecule has 0 spiro atoms. The number of aryl methyl sites for hydroxylation is 2. The number of furan rings is 1. The molecule has 130 valence electrons. The standard InChI is InChI=1S/C19H26N2O3/c1-13(22)9-18(16-7-5-4-6-8-16)12-21-19(23)20-11-17-10-14(2)24-15(17)3/h4-8,10,13,18,22H,9,11-12H2,1-3H3,(H2,20,21,23). The van der Waals surface area contributed by atoms with Crippen LogP contribution in [0.4, 0.5) is 4.79 Å². The number of benzene rings is 1. The molecule has 5 nitrogen and oxygen atoms in total. The molecule has 1 heterocycles. The summed E-state index contributed by atoms with van der Waals surface area (Å²) in [7, 11) is 0. The van der Waals surface area contributed by atoms with Crippen LogP contribution in [0.2, 0.25) is 0 Å². The first-order valence-corrected chi connectivity index (χ1v) is 8.26. The molecule has 2 amide bonds. The monoisotopic (exact) mass is 330 g/mol. The maximum Gasteiger partial charge on any atom is 0.315 e. The lowest BCUT2D eigenvalue weighted by molar-refractivity contribution is 0.173. The first kappa shape index (κ1) is 18.1. The van der Waals surface area contributed by atoms with Crippen LogP contribution in [0.25, 0.3) is 0 Å². The highest BCUT2D eigenvalue weighted by atomic mass is 16.3. The van der Waals surface area contributed by atoms with Crippen molar-refractivity contribution in [3.63, 3.8) is 0 Å². The van der Waals surface area contributed by atoms with Gasteiger partial charge in [0.1, 0.15) is 11.5 Å². The molecule has 3 N–H and O–H groups in total. The predicted octanol–water partition coefficient (Wildman–Crippen LogP) is 3.25. The molecule has 0 aliphatic rings. The number of urea groups is 1. The van der Waals surface area contributed by atoms with Crippen molar-refractivity contribution in [1.29, 1.82) is 0 Å². The van der Waals surface area contributed by atoms with Crippen molar-refractivity contribution in [2.24, 2.45) is 0 Å². The lowest BCUT2D eigenvalue weighted by atomic mass is 9.93. The summed E-state index contributed by atoms with van der Waals surface area (Å²) in [5.41, 5.74) is 2.09. The van der Waals surface area contributed by atoms with E-state index < -0.39 is 6.10 Å². The third kappa shape index (κ3) is 5.42. The minimum Gasteiger partial charge on any atom is -0.466 e. The van der Waals surface area contributed by atoms with Crippen molar-refractivity contribution in [2.45, 2.75) is 45.8 Å². The zero-order chi connectivity index (χ0) is 17.5. The molecule has 0 aliphatic carbocycles. The van der Waals surface area contributed by atoms with Gasteiger partial charge in [0, 0.05) is 24.6 Å². The number of rotatable bonds is 7. The fourth-order valence-corrected chi connectivity index (χ4v) is 2.79. The van der Waals surface area contributed by atoms with Gasteiger partial charge in [-0.05, 0) is 38.8 Å². The van der Waals surface area contributed by atoms with Crippen LogP contribution in [0.5, 0.6) is 0 Å². The highest BCUT2D eigenvalue weighted by molar-refractivity contribution is 5.73. The smallest absolute Gasteiger partial charge is 0.315 e. The molecule has 0 bridgehead atoms. The van der Waals surface area contributed by atoms with Gasteiger partial charge in [0.05, 0.1) is 6.10 Å².